The lowest BCUT2D eigenvalue weighted by atomic mass is 9.68. The first-order chi connectivity index (χ1) is 15.5. The van der Waals surface area contributed by atoms with E-state index in [2.05, 4.69) is 16.0 Å². The third-order valence-electron chi connectivity index (χ3n) is 8.05. The molecule has 0 saturated carbocycles. The van der Waals surface area contributed by atoms with Gasteiger partial charge in [0.15, 0.2) is 0 Å². The highest BCUT2D eigenvalue weighted by Gasteiger charge is 2.47. The van der Waals surface area contributed by atoms with Gasteiger partial charge < -0.3 is 9.88 Å². The molecule has 4 aliphatic rings. The average Bonchev–Trinajstić information content (AvgIpc) is 2.79. The van der Waals surface area contributed by atoms with Crippen LogP contribution in [0.5, 0.6) is 0 Å². The molecule has 7 heteroatoms. The Bertz CT molecular complexity index is 1190. The van der Waals surface area contributed by atoms with E-state index in [1.54, 1.807) is 0 Å². The Labute approximate surface area is 185 Å². The van der Waals surface area contributed by atoms with Crippen molar-refractivity contribution in [1.82, 2.24) is 14.8 Å². The molecule has 4 atom stereocenters. The van der Waals surface area contributed by atoms with Crippen LogP contribution < -0.4 is 5.43 Å². The van der Waals surface area contributed by atoms with Gasteiger partial charge in [0, 0.05) is 31.4 Å². The highest BCUT2D eigenvalue weighted by Crippen LogP contribution is 2.45. The van der Waals surface area contributed by atoms with Crippen LogP contribution in [-0.4, -0.2) is 52.4 Å². The van der Waals surface area contributed by atoms with E-state index >= 15 is 0 Å². The largest absolute Gasteiger partial charge is 0.358 e. The number of piperidine rings is 3. The number of aromatic amines is 1. The number of H-pyrrole nitrogens is 1. The molecule has 1 aromatic carbocycles. The summed E-state index contributed by atoms with van der Waals surface area (Å²) in [6, 6.07) is 2.37. The predicted octanol–water partition coefficient (Wildman–Crippen LogP) is 3.84. The molecule has 1 aliphatic carbocycles. The van der Waals surface area contributed by atoms with E-state index in [-0.39, 0.29) is 28.4 Å². The molecule has 0 radical (unpaired) electrons. The van der Waals surface area contributed by atoms with Crippen LogP contribution >= 0.6 is 0 Å². The fraction of sp³-hybridized carbons (Fsp3) is 0.520. The molecule has 2 bridgehead atoms. The van der Waals surface area contributed by atoms with Crippen molar-refractivity contribution in [2.24, 2.45) is 11.8 Å². The number of nitrogens with zero attached hydrogens (tertiary/aromatic N) is 2. The molecule has 3 aliphatic heterocycles. The van der Waals surface area contributed by atoms with Gasteiger partial charge in [-0.15, -0.1) is 0 Å². The van der Waals surface area contributed by atoms with Crippen LogP contribution in [0.15, 0.2) is 34.8 Å². The van der Waals surface area contributed by atoms with Crippen molar-refractivity contribution in [3.8, 4) is 0 Å². The number of hydrogen-bond acceptors (Lipinski definition) is 3. The molecular formula is C25H27F2N3O2. The van der Waals surface area contributed by atoms with Crippen molar-refractivity contribution < 1.29 is 13.6 Å². The Hall–Kier alpha value is -2.54. The molecule has 5 nitrogen and oxygen atoms in total. The molecule has 2 aromatic rings. The zero-order chi connectivity index (χ0) is 22.0. The number of aromatic nitrogens is 1. The Balaban J connectivity index is 1.37. The van der Waals surface area contributed by atoms with E-state index in [4.69, 9.17) is 0 Å². The number of carbonyl (C=O) groups is 1. The molecule has 4 heterocycles. The topological polar surface area (TPSA) is 56.4 Å². The van der Waals surface area contributed by atoms with Gasteiger partial charge in [0.2, 0.25) is 5.43 Å². The number of halogens is 2. The zero-order valence-electron chi connectivity index (χ0n) is 17.9. The van der Waals surface area contributed by atoms with Gasteiger partial charge in [-0.2, -0.15) is 0 Å². The Kier molecular flexibility index (Phi) is 4.72. The smallest absolute Gasteiger partial charge is 0.259 e. The van der Waals surface area contributed by atoms with Gasteiger partial charge in [-0.05, 0) is 56.6 Å². The summed E-state index contributed by atoms with van der Waals surface area (Å²) in [5, 5.41) is -0.126. The van der Waals surface area contributed by atoms with Gasteiger partial charge >= 0.3 is 0 Å². The van der Waals surface area contributed by atoms with Gasteiger partial charge in [0.05, 0.1) is 16.9 Å². The summed E-state index contributed by atoms with van der Waals surface area (Å²) < 4.78 is 27.9. The summed E-state index contributed by atoms with van der Waals surface area (Å²) in [5.74, 6) is -1.08. The maximum atomic E-state index is 14.1. The van der Waals surface area contributed by atoms with Crippen molar-refractivity contribution >= 4 is 16.8 Å². The minimum absolute atomic E-state index is 0.00900. The summed E-state index contributed by atoms with van der Waals surface area (Å²) in [5.41, 5.74) is 0.602. The van der Waals surface area contributed by atoms with Crippen LogP contribution in [0.3, 0.4) is 0 Å². The lowest BCUT2D eigenvalue weighted by molar-refractivity contribution is 0.00143. The first kappa shape index (κ1) is 20.1. The first-order valence-electron chi connectivity index (χ1n) is 11.8. The average molecular weight is 440 g/mol. The zero-order valence-corrected chi connectivity index (χ0v) is 17.9. The highest BCUT2D eigenvalue weighted by atomic mass is 19.1. The highest BCUT2D eigenvalue weighted by molar-refractivity contribution is 5.97. The molecule has 6 rings (SSSR count). The summed E-state index contributed by atoms with van der Waals surface area (Å²) in [7, 11) is 0. The minimum atomic E-state index is -0.837. The minimum Gasteiger partial charge on any atom is -0.358 e. The number of hydrogen-bond donors (Lipinski definition) is 1. The Morgan fingerprint density at radius 3 is 2.88 bits per heavy atom. The quantitative estimate of drug-likeness (QED) is 0.687. The number of likely N-dealkylation sites (tertiary alicyclic amines) is 1. The number of fused-ring (bicyclic) bond motifs is 7. The molecule has 32 heavy (non-hydrogen) atoms. The van der Waals surface area contributed by atoms with Crippen molar-refractivity contribution in [3.05, 3.63) is 57.4 Å². The predicted molar refractivity (Wildman–Crippen MR) is 117 cm³/mol. The van der Waals surface area contributed by atoms with Crippen LogP contribution in [-0.2, 0) is 0 Å². The Morgan fingerprint density at radius 1 is 1.12 bits per heavy atom. The lowest BCUT2D eigenvalue weighted by Gasteiger charge is -2.54. The SMILES string of the molecule is O=C(c1c[nH]c2c(F)cc(F)cc2c1=O)N1CCCC2=C[C@H]3C[C@@H](CN4CCCCC34)C21. The monoisotopic (exact) mass is 439 g/mol. The second kappa shape index (κ2) is 7.51. The second-order valence-corrected chi connectivity index (χ2v) is 9.85. The lowest BCUT2D eigenvalue weighted by Crippen LogP contribution is -2.60. The number of pyridine rings is 1. The summed E-state index contributed by atoms with van der Waals surface area (Å²) in [4.78, 5) is 33.8. The molecule has 1 aromatic heterocycles. The van der Waals surface area contributed by atoms with Crippen LogP contribution in [0.2, 0.25) is 0 Å². The van der Waals surface area contributed by atoms with E-state index in [0.717, 1.165) is 44.5 Å². The first-order valence-corrected chi connectivity index (χ1v) is 11.8. The number of amides is 1. The normalized spacial score (nSPS) is 29.9. The maximum Gasteiger partial charge on any atom is 0.259 e. The van der Waals surface area contributed by atoms with Crippen molar-refractivity contribution in [3.63, 3.8) is 0 Å². The van der Waals surface area contributed by atoms with Crippen molar-refractivity contribution in [2.75, 3.05) is 19.6 Å². The molecule has 1 N–H and O–H groups in total. The standard InChI is InChI=1S/C25H27F2N3O2/c26-17-10-18-22(20(27)11-17)28-12-19(24(18)31)25(32)30-7-3-4-14-8-15-9-16(23(14)30)13-29-6-2-1-5-21(15)29/h8,10-12,15-16,21,23H,1-7,9,13H2,(H,28,31)/t15-,16-,21?,23?/m0/s1. The van der Waals surface area contributed by atoms with Crippen LogP contribution in [0.25, 0.3) is 10.9 Å². The fourth-order valence-electron chi connectivity index (χ4n) is 6.77. The maximum absolute atomic E-state index is 14.1. The van der Waals surface area contributed by atoms with Crippen molar-refractivity contribution in [2.45, 2.75) is 50.6 Å². The number of nitrogens with one attached hydrogen (secondary N) is 1. The van der Waals surface area contributed by atoms with E-state index in [1.807, 2.05) is 4.90 Å². The van der Waals surface area contributed by atoms with Crippen LogP contribution in [0.1, 0.15) is 48.9 Å². The van der Waals surface area contributed by atoms with Gasteiger partial charge in [0.1, 0.15) is 17.2 Å². The van der Waals surface area contributed by atoms with E-state index in [0.29, 0.717) is 24.4 Å². The number of carbonyl (C=O) groups excluding carboxylic acids is 1. The van der Waals surface area contributed by atoms with E-state index < -0.39 is 17.1 Å². The number of rotatable bonds is 1. The van der Waals surface area contributed by atoms with E-state index in [9.17, 15) is 18.4 Å². The van der Waals surface area contributed by atoms with Gasteiger partial charge in [-0.3, -0.25) is 14.5 Å². The second-order valence-electron chi connectivity index (χ2n) is 9.85. The van der Waals surface area contributed by atoms with Crippen molar-refractivity contribution in [1.29, 1.82) is 0 Å². The fourth-order valence-corrected chi connectivity index (χ4v) is 6.77. The molecule has 168 valence electrons. The van der Waals surface area contributed by atoms with Crippen LogP contribution in [0, 0.1) is 23.5 Å². The molecular weight excluding hydrogens is 412 g/mol. The molecule has 0 spiro atoms. The third-order valence-corrected chi connectivity index (χ3v) is 8.05. The van der Waals surface area contributed by atoms with Gasteiger partial charge in [-0.1, -0.05) is 18.1 Å². The Morgan fingerprint density at radius 2 is 2.00 bits per heavy atom. The number of benzene rings is 1. The van der Waals surface area contributed by atoms with Gasteiger partial charge in [0.25, 0.3) is 5.91 Å². The molecule has 2 unspecified atom stereocenters. The molecule has 3 fully saturated rings. The summed E-state index contributed by atoms with van der Waals surface area (Å²) in [6.07, 6.45) is 10.5. The van der Waals surface area contributed by atoms with E-state index in [1.165, 1.54) is 31.0 Å². The third kappa shape index (κ3) is 3.04. The molecule has 3 saturated heterocycles. The van der Waals surface area contributed by atoms with Gasteiger partial charge in [-0.25, -0.2) is 8.78 Å². The van der Waals surface area contributed by atoms with Crippen LogP contribution in [0.4, 0.5) is 8.78 Å². The summed E-state index contributed by atoms with van der Waals surface area (Å²) in [6.45, 7) is 2.72. The summed E-state index contributed by atoms with van der Waals surface area (Å²) >= 11 is 0. The molecule has 1 amide bonds.